The van der Waals surface area contributed by atoms with Gasteiger partial charge in [-0.05, 0) is 25.2 Å². The van der Waals surface area contributed by atoms with Gasteiger partial charge in [-0.3, -0.25) is 4.40 Å². The van der Waals surface area contributed by atoms with Crippen molar-refractivity contribution in [2.75, 3.05) is 6.61 Å². The van der Waals surface area contributed by atoms with Gasteiger partial charge in [-0.1, -0.05) is 0 Å². The molecule has 1 aliphatic heterocycles. The number of nitrogens with zero attached hydrogens (tertiary/aromatic N) is 2. The van der Waals surface area contributed by atoms with Gasteiger partial charge < -0.3 is 10.5 Å². The molecular weight excluding hydrogens is 246 g/mol. The summed E-state index contributed by atoms with van der Waals surface area (Å²) in [5.41, 5.74) is 7.49. The van der Waals surface area contributed by atoms with Crippen molar-refractivity contribution in [1.29, 1.82) is 0 Å². The molecule has 0 amide bonds. The molecule has 1 saturated carbocycles. The van der Waals surface area contributed by atoms with Crippen molar-refractivity contribution in [2.45, 2.75) is 37.3 Å². The Bertz CT molecular complexity index is 545. The molecule has 2 atom stereocenters. The van der Waals surface area contributed by atoms with Crippen molar-refractivity contribution in [1.82, 2.24) is 9.38 Å². The van der Waals surface area contributed by atoms with E-state index in [0.717, 1.165) is 30.1 Å². The molecule has 96 valence electrons. The highest BCUT2D eigenvalue weighted by molar-refractivity contribution is 7.15. The first-order valence-corrected chi connectivity index (χ1v) is 7.44. The van der Waals surface area contributed by atoms with Crippen molar-refractivity contribution in [3.63, 3.8) is 0 Å². The maximum absolute atomic E-state index is 6.60. The van der Waals surface area contributed by atoms with Crippen LogP contribution in [0.3, 0.4) is 0 Å². The fourth-order valence-corrected chi connectivity index (χ4v) is 3.79. The molecule has 4 nitrogen and oxygen atoms in total. The summed E-state index contributed by atoms with van der Waals surface area (Å²) in [6, 6.07) is 0. The molecule has 1 aliphatic carbocycles. The predicted molar refractivity (Wildman–Crippen MR) is 70.8 cm³/mol. The second-order valence-corrected chi connectivity index (χ2v) is 6.49. The highest BCUT2D eigenvalue weighted by Gasteiger charge is 2.48. The van der Waals surface area contributed by atoms with Crippen molar-refractivity contribution >= 4 is 16.3 Å². The molecule has 2 aromatic heterocycles. The molecule has 0 spiro atoms. The number of fused-ring (bicyclic) bond motifs is 1. The average Bonchev–Trinajstić information content (AvgIpc) is 2.77. The largest absolute Gasteiger partial charge is 0.376 e. The Morgan fingerprint density at radius 3 is 3.22 bits per heavy atom. The third-order valence-corrected chi connectivity index (χ3v) is 4.91. The molecule has 2 fully saturated rings. The Kier molecular flexibility index (Phi) is 2.31. The van der Waals surface area contributed by atoms with Crippen LogP contribution in [0.5, 0.6) is 0 Å². The van der Waals surface area contributed by atoms with Crippen LogP contribution < -0.4 is 5.73 Å². The van der Waals surface area contributed by atoms with Gasteiger partial charge >= 0.3 is 0 Å². The van der Waals surface area contributed by atoms with Crippen LogP contribution in [0.15, 0.2) is 17.8 Å². The fraction of sp³-hybridized carbons (Fsp3) is 0.615. The number of thiazole rings is 1. The Morgan fingerprint density at radius 1 is 1.56 bits per heavy atom. The van der Waals surface area contributed by atoms with Crippen molar-refractivity contribution in [3.05, 3.63) is 23.5 Å². The number of ether oxygens (including phenoxy) is 1. The third-order valence-electron chi connectivity index (χ3n) is 4.14. The van der Waals surface area contributed by atoms with Gasteiger partial charge in [0.15, 0.2) is 4.96 Å². The summed E-state index contributed by atoms with van der Waals surface area (Å²) in [5, 5.41) is 2.05. The number of rotatable bonds is 3. The summed E-state index contributed by atoms with van der Waals surface area (Å²) in [6.07, 6.45) is 8.75. The highest BCUT2D eigenvalue weighted by atomic mass is 32.1. The Morgan fingerprint density at radius 2 is 2.44 bits per heavy atom. The van der Waals surface area contributed by atoms with E-state index in [-0.39, 0.29) is 11.6 Å². The molecular formula is C13H17N3OS. The third kappa shape index (κ3) is 1.69. The molecule has 2 aliphatic rings. The minimum absolute atomic E-state index is 0.203. The lowest BCUT2D eigenvalue weighted by atomic mass is 9.85. The molecule has 2 N–H and O–H groups in total. The van der Waals surface area contributed by atoms with E-state index in [9.17, 15) is 0 Å². The van der Waals surface area contributed by atoms with Gasteiger partial charge in [-0.2, -0.15) is 0 Å². The number of aromatic nitrogens is 2. The van der Waals surface area contributed by atoms with Gasteiger partial charge in [0.05, 0.1) is 17.3 Å². The smallest absolute Gasteiger partial charge is 0.193 e. The Labute approximate surface area is 110 Å². The van der Waals surface area contributed by atoms with Gasteiger partial charge in [0, 0.05) is 30.8 Å². The van der Waals surface area contributed by atoms with Gasteiger partial charge in [0.1, 0.15) is 0 Å². The van der Waals surface area contributed by atoms with E-state index in [0.29, 0.717) is 5.92 Å². The van der Waals surface area contributed by atoms with Crippen molar-refractivity contribution in [3.8, 4) is 0 Å². The van der Waals surface area contributed by atoms with E-state index >= 15 is 0 Å². The van der Waals surface area contributed by atoms with Crippen LogP contribution in [0.2, 0.25) is 0 Å². The van der Waals surface area contributed by atoms with Gasteiger partial charge in [0.25, 0.3) is 0 Å². The highest BCUT2D eigenvalue weighted by Crippen LogP contribution is 2.43. The van der Waals surface area contributed by atoms with E-state index in [1.54, 1.807) is 11.3 Å². The minimum Gasteiger partial charge on any atom is -0.376 e. The molecule has 2 aromatic rings. The zero-order valence-electron chi connectivity index (χ0n) is 10.2. The van der Waals surface area contributed by atoms with Crippen molar-refractivity contribution in [2.24, 2.45) is 11.7 Å². The van der Waals surface area contributed by atoms with Crippen LogP contribution in [0, 0.1) is 5.92 Å². The minimum atomic E-state index is -0.203. The Hall–Kier alpha value is -0.910. The SMILES string of the molecule is NC1(Cc2cn3ccsc3n2)CCOC1C1CC1. The molecule has 0 bridgehead atoms. The van der Waals surface area contributed by atoms with Crippen molar-refractivity contribution < 1.29 is 4.74 Å². The first-order valence-electron chi connectivity index (χ1n) is 6.56. The topological polar surface area (TPSA) is 52.5 Å². The Balaban J connectivity index is 1.60. The fourth-order valence-electron chi connectivity index (χ4n) is 3.08. The standard InChI is InChI=1S/C13H17N3OS/c14-13(3-5-17-11(13)9-1-2-9)7-10-8-16-4-6-18-12(16)15-10/h4,6,8-9,11H,1-3,5,7,14H2. The predicted octanol–water partition coefficient (Wildman–Crippen LogP) is 1.83. The van der Waals surface area contributed by atoms with E-state index in [1.165, 1.54) is 12.8 Å². The molecule has 0 aromatic carbocycles. The van der Waals surface area contributed by atoms with E-state index in [2.05, 4.69) is 21.0 Å². The van der Waals surface area contributed by atoms with E-state index in [4.69, 9.17) is 10.5 Å². The lowest BCUT2D eigenvalue weighted by Crippen LogP contribution is -2.50. The lowest BCUT2D eigenvalue weighted by Gasteiger charge is -2.29. The zero-order chi connectivity index (χ0) is 12.2. The summed E-state index contributed by atoms with van der Waals surface area (Å²) >= 11 is 1.66. The molecule has 5 heteroatoms. The first kappa shape index (κ1) is 11.0. The van der Waals surface area contributed by atoms with Crippen LogP contribution in [0.4, 0.5) is 0 Å². The second kappa shape index (κ2) is 3.79. The van der Waals surface area contributed by atoms with Gasteiger partial charge in [-0.15, -0.1) is 11.3 Å². The van der Waals surface area contributed by atoms with Crippen LogP contribution >= 0.6 is 11.3 Å². The normalized spacial score (nSPS) is 32.4. The second-order valence-electron chi connectivity index (χ2n) is 5.61. The quantitative estimate of drug-likeness (QED) is 0.919. The maximum atomic E-state index is 6.60. The molecule has 1 saturated heterocycles. The lowest BCUT2D eigenvalue weighted by molar-refractivity contribution is 0.0624. The molecule has 2 unspecified atom stereocenters. The summed E-state index contributed by atoms with van der Waals surface area (Å²) in [4.78, 5) is 5.69. The number of imidazole rings is 1. The van der Waals surface area contributed by atoms with Crippen LogP contribution in [-0.4, -0.2) is 27.6 Å². The summed E-state index contributed by atoms with van der Waals surface area (Å²) in [5.74, 6) is 0.696. The molecule has 0 radical (unpaired) electrons. The van der Waals surface area contributed by atoms with E-state index < -0.39 is 0 Å². The number of hydrogen-bond donors (Lipinski definition) is 1. The molecule has 18 heavy (non-hydrogen) atoms. The molecule has 3 heterocycles. The molecule has 4 rings (SSSR count). The van der Waals surface area contributed by atoms with Gasteiger partial charge in [-0.25, -0.2) is 4.98 Å². The average molecular weight is 263 g/mol. The van der Waals surface area contributed by atoms with Gasteiger partial charge in [0.2, 0.25) is 0 Å². The summed E-state index contributed by atoms with van der Waals surface area (Å²) < 4.78 is 7.94. The number of nitrogens with two attached hydrogens (primary N) is 1. The summed E-state index contributed by atoms with van der Waals surface area (Å²) in [6.45, 7) is 0.805. The zero-order valence-corrected chi connectivity index (χ0v) is 11.0. The maximum Gasteiger partial charge on any atom is 0.193 e. The summed E-state index contributed by atoms with van der Waals surface area (Å²) in [7, 11) is 0. The van der Waals surface area contributed by atoms with Crippen LogP contribution in [-0.2, 0) is 11.2 Å². The monoisotopic (exact) mass is 263 g/mol. The first-order chi connectivity index (χ1) is 8.74. The number of hydrogen-bond acceptors (Lipinski definition) is 4. The van der Waals surface area contributed by atoms with Crippen LogP contribution in [0.25, 0.3) is 4.96 Å². The van der Waals surface area contributed by atoms with E-state index in [1.807, 2.05) is 6.20 Å². The van der Waals surface area contributed by atoms with Crippen LogP contribution in [0.1, 0.15) is 25.0 Å².